The van der Waals surface area contributed by atoms with Crippen LogP contribution in [0.4, 0.5) is 0 Å². The third kappa shape index (κ3) is 4.88. The molecule has 0 spiro atoms. The smallest absolute Gasteiger partial charge is 0.312 e. The lowest BCUT2D eigenvalue weighted by Gasteiger charge is -2.11. The van der Waals surface area contributed by atoms with Gasteiger partial charge in [-0.3, -0.25) is 4.79 Å². The molecule has 1 heterocycles. The molecule has 168 valence electrons. The Bertz CT molecular complexity index is 1360. The molecule has 0 amide bonds. The molecule has 33 heavy (non-hydrogen) atoms. The van der Waals surface area contributed by atoms with Crippen LogP contribution in [0.15, 0.2) is 94.7 Å². The van der Waals surface area contributed by atoms with Gasteiger partial charge in [0.1, 0.15) is 0 Å². The van der Waals surface area contributed by atoms with E-state index in [0.29, 0.717) is 12.1 Å². The maximum Gasteiger partial charge on any atom is 0.312 e. The molecule has 1 aromatic heterocycles. The summed E-state index contributed by atoms with van der Waals surface area (Å²) in [4.78, 5) is 12.8. The molecule has 4 aromatic rings. The van der Waals surface area contributed by atoms with E-state index in [1.807, 2.05) is 55.5 Å². The summed E-state index contributed by atoms with van der Waals surface area (Å²) >= 11 is 0. The van der Waals surface area contributed by atoms with Crippen LogP contribution in [0.2, 0.25) is 0 Å². The predicted octanol–water partition coefficient (Wildman–Crippen LogP) is 4.86. The van der Waals surface area contributed by atoms with Gasteiger partial charge in [-0.05, 0) is 50.1 Å². The second-order valence-corrected chi connectivity index (χ2v) is 9.63. The number of nitrogens with zero attached hydrogens (tertiary/aromatic N) is 2. The molecule has 0 aliphatic heterocycles. The molecule has 6 nitrogen and oxygen atoms in total. The number of hydrogen-bond acceptors (Lipinski definition) is 5. The zero-order chi connectivity index (χ0) is 23.4. The molecule has 7 heteroatoms. The van der Waals surface area contributed by atoms with Crippen molar-refractivity contribution < 1.29 is 17.9 Å². The first-order valence-electron chi connectivity index (χ1n) is 10.6. The minimum absolute atomic E-state index is 0.0997. The number of esters is 1. The van der Waals surface area contributed by atoms with Crippen LogP contribution in [0.1, 0.15) is 23.2 Å². The van der Waals surface area contributed by atoms with Crippen molar-refractivity contribution in [3.63, 3.8) is 0 Å². The van der Waals surface area contributed by atoms with Gasteiger partial charge in [0.2, 0.25) is 15.7 Å². The fraction of sp³-hybridized carbons (Fsp3) is 0.154. The van der Waals surface area contributed by atoms with E-state index < -0.39 is 15.8 Å². The molecular weight excluding hydrogens is 436 g/mol. The van der Waals surface area contributed by atoms with Gasteiger partial charge in [-0.2, -0.15) is 9.78 Å². The molecule has 0 fully saturated rings. The van der Waals surface area contributed by atoms with E-state index in [-0.39, 0.29) is 27.8 Å². The van der Waals surface area contributed by atoms with Crippen molar-refractivity contribution in [1.29, 1.82) is 0 Å². The van der Waals surface area contributed by atoms with Crippen molar-refractivity contribution in [2.75, 3.05) is 0 Å². The predicted molar refractivity (Wildman–Crippen MR) is 125 cm³/mol. The Morgan fingerprint density at radius 3 is 2.12 bits per heavy atom. The minimum Gasteiger partial charge on any atom is -0.406 e. The van der Waals surface area contributed by atoms with Gasteiger partial charge in [0.15, 0.2) is 4.90 Å². The maximum atomic E-state index is 13.5. The molecule has 0 radical (unpaired) electrons. The Balaban J connectivity index is 1.74. The zero-order valence-electron chi connectivity index (χ0n) is 18.4. The third-order valence-corrected chi connectivity index (χ3v) is 7.14. The number of benzene rings is 3. The third-order valence-electron chi connectivity index (χ3n) is 5.24. The van der Waals surface area contributed by atoms with Crippen LogP contribution in [0.3, 0.4) is 0 Å². The Morgan fingerprint density at radius 2 is 1.48 bits per heavy atom. The van der Waals surface area contributed by atoms with Gasteiger partial charge in [-0.25, -0.2) is 8.42 Å². The standard InChI is InChI=1S/C26H24N2O4S/c1-19-13-16-23(17-14-19)33(30,31)25-20(2)27-28(22-11-7-4-8-12-22)26(25)32-24(29)18-15-21-9-5-3-6-10-21/h3-14,16-17H,15,18H2,1-2H3. The summed E-state index contributed by atoms with van der Waals surface area (Å²) in [7, 11) is -3.98. The van der Waals surface area contributed by atoms with Gasteiger partial charge in [0.25, 0.3) is 0 Å². The van der Waals surface area contributed by atoms with Gasteiger partial charge >= 0.3 is 5.97 Å². The summed E-state index contributed by atoms with van der Waals surface area (Å²) < 4.78 is 34.2. The lowest BCUT2D eigenvalue weighted by atomic mass is 10.1. The summed E-state index contributed by atoms with van der Waals surface area (Å²) in [5.41, 5.74) is 2.79. The van der Waals surface area contributed by atoms with Crippen LogP contribution in [0.5, 0.6) is 5.88 Å². The lowest BCUT2D eigenvalue weighted by molar-refractivity contribution is -0.134. The largest absolute Gasteiger partial charge is 0.406 e. The van der Waals surface area contributed by atoms with Crippen molar-refractivity contribution in [2.45, 2.75) is 36.5 Å². The second-order valence-electron chi connectivity index (χ2n) is 7.74. The zero-order valence-corrected chi connectivity index (χ0v) is 19.2. The van der Waals surface area contributed by atoms with Crippen LogP contribution in [-0.4, -0.2) is 24.2 Å². The molecule has 0 aliphatic carbocycles. The molecule has 4 rings (SSSR count). The summed E-state index contributed by atoms with van der Waals surface area (Å²) in [6, 6.07) is 25.1. The first-order valence-corrected chi connectivity index (χ1v) is 12.1. The topological polar surface area (TPSA) is 78.3 Å². The van der Waals surface area contributed by atoms with Crippen molar-refractivity contribution in [2.24, 2.45) is 0 Å². The summed E-state index contributed by atoms with van der Waals surface area (Å²) in [6.45, 7) is 3.48. The van der Waals surface area contributed by atoms with Crippen molar-refractivity contribution in [1.82, 2.24) is 9.78 Å². The fourth-order valence-corrected chi connectivity index (χ4v) is 5.04. The van der Waals surface area contributed by atoms with Crippen LogP contribution < -0.4 is 4.74 Å². The average Bonchev–Trinajstić information content (AvgIpc) is 3.15. The number of carbonyl (C=O) groups excluding carboxylic acids is 1. The van der Waals surface area contributed by atoms with E-state index in [0.717, 1.165) is 11.1 Å². The number of aryl methyl sites for hydroxylation is 3. The number of rotatable bonds is 7. The number of sulfone groups is 1. The molecule has 0 N–H and O–H groups in total. The van der Waals surface area contributed by atoms with E-state index >= 15 is 0 Å². The van der Waals surface area contributed by atoms with Crippen molar-refractivity contribution >= 4 is 15.8 Å². The Hall–Kier alpha value is -3.71. The summed E-state index contributed by atoms with van der Waals surface area (Å²) in [5.74, 6) is -0.631. The highest BCUT2D eigenvalue weighted by atomic mass is 32.2. The van der Waals surface area contributed by atoms with Crippen LogP contribution in [0, 0.1) is 13.8 Å². The summed E-state index contributed by atoms with van der Waals surface area (Å²) in [6.07, 6.45) is 0.589. The second kappa shape index (κ2) is 9.42. The van der Waals surface area contributed by atoms with E-state index in [1.54, 1.807) is 43.3 Å². The maximum absolute atomic E-state index is 13.5. The average molecular weight is 461 g/mol. The van der Waals surface area contributed by atoms with E-state index in [9.17, 15) is 13.2 Å². The first-order chi connectivity index (χ1) is 15.9. The van der Waals surface area contributed by atoms with Gasteiger partial charge in [-0.1, -0.05) is 66.2 Å². The number of hydrogen-bond donors (Lipinski definition) is 0. The summed E-state index contributed by atoms with van der Waals surface area (Å²) in [5, 5.41) is 4.42. The van der Waals surface area contributed by atoms with E-state index in [2.05, 4.69) is 5.10 Å². The molecular formula is C26H24N2O4S. The van der Waals surface area contributed by atoms with Crippen LogP contribution >= 0.6 is 0 Å². The number of ether oxygens (including phenoxy) is 1. The first kappa shape index (κ1) is 22.5. The van der Waals surface area contributed by atoms with Crippen molar-refractivity contribution in [3.8, 4) is 11.6 Å². The molecule has 0 saturated carbocycles. The lowest BCUT2D eigenvalue weighted by Crippen LogP contribution is -2.14. The number of carbonyl (C=O) groups is 1. The number of aromatic nitrogens is 2. The van der Waals surface area contributed by atoms with E-state index in [1.165, 1.54) is 4.68 Å². The Morgan fingerprint density at radius 1 is 0.879 bits per heavy atom. The number of para-hydroxylation sites is 1. The molecule has 0 bridgehead atoms. The fourth-order valence-electron chi connectivity index (χ4n) is 3.52. The highest BCUT2D eigenvalue weighted by Gasteiger charge is 2.32. The normalized spacial score (nSPS) is 11.3. The molecule has 0 atom stereocenters. The quantitative estimate of drug-likeness (QED) is 0.368. The Labute approximate surface area is 193 Å². The van der Waals surface area contributed by atoms with Crippen LogP contribution in [0.25, 0.3) is 5.69 Å². The minimum atomic E-state index is -3.98. The van der Waals surface area contributed by atoms with Crippen molar-refractivity contribution in [3.05, 3.63) is 102 Å². The van der Waals surface area contributed by atoms with Gasteiger partial charge in [-0.15, -0.1) is 0 Å². The monoisotopic (exact) mass is 460 g/mol. The highest BCUT2D eigenvalue weighted by Crippen LogP contribution is 2.34. The van der Waals surface area contributed by atoms with Gasteiger partial charge < -0.3 is 4.74 Å². The highest BCUT2D eigenvalue weighted by molar-refractivity contribution is 7.91. The molecule has 0 aliphatic rings. The SMILES string of the molecule is Cc1ccc(S(=O)(=O)c2c(C)nn(-c3ccccc3)c2OC(=O)CCc2ccccc2)cc1. The Kier molecular flexibility index (Phi) is 6.42. The van der Waals surface area contributed by atoms with E-state index in [4.69, 9.17) is 4.74 Å². The van der Waals surface area contributed by atoms with Gasteiger partial charge in [0.05, 0.1) is 22.7 Å². The van der Waals surface area contributed by atoms with Gasteiger partial charge in [0, 0.05) is 0 Å². The molecule has 0 saturated heterocycles. The molecule has 0 unspecified atom stereocenters. The van der Waals surface area contributed by atoms with Crippen LogP contribution in [-0.2, 0) is 21.1 Å². The molecule has 3 aromatic carbocycles.